The number of aliphatic hydroxyl groups is 1. The van der Waals surface area contributed by atoms with Crippen LogP contribution in [0.2, 0.25) is 10.0 Å². The van der Waals surface area contributed by atoms with Crippen molar-refractivity contribution < 1.29 is 23.8 Å². The van der Waals surface area contributed by atoms with Crippen LogP contribution in [0.25, 0.3) is 5.76 Å². The zero-order valence-corrected chi connectivity index (χ0v) is 24.0. The highest BCUT2D eigenvalue weighted by Crippen LogP contribution is 2.46. The average Bonchev–Trinajstić information content (AvgIpc) is 3.50. The van der Waals surface area contributed by atoms with E-state index in [9.17, 15) is 19.1 Å². The van der Waals surface area contributed by atoms with Gasteiger partial charge in [0.25, 0.3) is 5.78 Å². The van der Waals surface area contributed by atoms with Gasteiger partial charge in [0.2, 0.25) is 5.13 Å². The third kappa shape index (κ3) is 5.57. The first-order valence-corrected chi connectivity index (χ1v) is 14.5. The van der Waals surface area contributed by atoms with Gasteiger partial charge >= 0.3 is 5.91 Å². The third-order valence-corrected chi connectivity index (χ3v) is 8.72. The second-order valence-electron chi connectivity index (χ2n) is 8.52. The summed E-state index contributed by atoms with van der Waals surface area (Å²) in [6.07, 6.45) is 0. The molecule has 0 saturated carbocycles. The number of ether oxygens (including phenoxy) is 1. The zero-order valence-electron chi connectivity index (χ0n) is 20.8. The maximum atomic E-state index is 14.1. The van der Waals surface area contributed by atoms with E-state index in [0.29, 0.717) is 44.2 Å². The predicted molar refractivity (Wildman–Crippen MR) is 155 cm³/mol. The number of thioether (sulfide) groups is 1. The second kappa shape index (κ2) is 12.0. The number of nitrogens with zero attached hydrogens (tertiary/aromatic N) is 3. The molecule has 7 nitrogen and oxygen atoms in total. The van der Waals surface area contributed by atoms with Gasteiger partial charge in [0.05, 0.1) is 18.2 Å². The molecule has 1 N–H and O–H groups in total. The van der Waals surface area contributed by atoms with Gasteiger partial charge in [0.1, 0.15) is 17.3 Å². The number of hydrogen-bond acceptors (Lipinski definition) is 8. The topological polar surface area (TPSA) is 92.6 Å². The number of hydrogen-bond donors (Lipinski definition) is 1. The van der Waals surface area contributed by atoms with Crippen LogP contribution in [0, 0.1) is 5.82 Å². The minimum atomic E-state index is -1.10. The van der Waals surface area contributed by atoms with Gasteiger partial charge < -0.3 is 9.84 Å². The van der Waals surface area contributed by atoms with Gasteiger partial charge in [0, 0.05) is 21.4 Å². The fourth-order valence-corrected chi connectivity index (χ4v) is 6.56. The number of carbonyl (C=O) groups excluding carboxylic acids is 2. The Morgan fingerprint density at radius 1 is 1.10 bits per heavy atom. The van der Waals surface area contributed by atoms with Crippen LogP contribution in [0.4, 0.5) is 9.52 Å². The van der Waals surface area contributed by atoms with E-state index in [2.05, 4.69) is 10.2 Å². The molecule has 1 unspecified atom stereocenters. The summed E-state index contributed by atoms with van der Waals surface area (Å²) in [5.41, 5.74) is 1.02. The van der Waals surface area contributed by atoms with E-state index in [1.54, 1.807) is 54.6 Å². The van der Waals surface area contributed by atoms with Crippen molar-refractivity contribution in [3.05, 3.63) is 105 Å². The van der Waals surface area contributed by atoms with Crippen molar-refractivity contribution in [3.8, 4) is 5.75 Å². The van der Waals surface area contributed by atoms with Gasteiger partial charge in [-0.05, 0) is 60.5 Å². The van der Waals surface area contributed by atoms with E-state index >= 15 is 0 Å². The molecule has 12 heteroatoms. The highest BCUT2D eigenvalue weighted by atomic mass is 35.5. The molecule has 1 amide bonds. The number of halogens is 3. The van der Waals surface area contributed by atoms with E-state index < -0.39 is 17.7 Å². The second-order valence-corrected chi connectivity index (χ2v) is 11.5. The van der Waals surface area contributed by atoms with Gasteiger partial charge in [-0.2, -0.15) is 0 Å². The van der Waals surface area contributed by atoms with Crippen molar-refractivity contribution in [2.75, 3.05) is 11.5 Å². The lowest BCUT2D eigenvalue weighted by Crippen LogP contribution is -2.29. The fraction of sp³-hybridized carbons (Fsp3) is 0.143. The van der Waals surface area contributed by atoms with Gasteiger partial charge in [-0.25, -0.2) is 4.39 Å². The predicted octanol–water partition coefficient (Wildman–Crippen LogP) is 7.30. The lowest BCUT2D eigenvalue weighted by atomic mass is 9.95. The van der Waals surface area contributed by atoms with Crippen molar-refractivity contribution in [2.24, 2.45) is 0 Å². The highest BCUT2D eigenvalue weighted by molar-refractivity contribution is 8.00. The SMILES string of the molecule is CCOc1ccc(/C(O)=C2/C(=O)C(=O)N(c3nnc(SCc4ccccc4F)s3)C2c2ccc(Cl)cc2Cl)cc1. The van der Waals surface area contributed by atoms with E-state index in [4.69, 9.17) is 27.9 Å². The van der Waals surface area contributed by atoms with E-state index in [1.165, 1.54) is 28.8 Å². The zero-order chi connectivity index (χ0) is 28.4. The standard InChI is InChI=1S/C28H20Cl2FN3O4S2/c1-2-38-18-10-7-15(8-11-18)24(35)22-23(19-12-9-17(29)13-20(19)30)34(26(37)25(22)36)27-32-33-28(40-27)39-14-16-5-3-4-6-21(16)31/h3-13,23,35H,2,14H2,1H3/b24-22-. The Balaban J connectivity index is 1.55. The first-order valence-electron chi connectivity index (χ1n) is 12.0. The lowest BCUT2D eigenvalue weighted by molar-refractivity contribution is -0.132. The Morgan fingerprint density at radius 3 is 2.55 bits per heavy atom. The van der Waals surface area contributed by atoms with E-state index in [1.807, 2.05) is 6.92 Å². The molecule has 40 heavy (non-hydrogen) atoms. The van der Waals surface area contributed by atoms with Gasteiger partial charge in [0.15, 0.2) is 4.34 Å². The van der Waals surface area contributed by atoms with Crippen LogP contribution in [0.15, 0.2) is 76.6 Å². The molecule has 4 aromatic rings. The summed E-state index contributed by atoms with van der Waals surface area (Å²) >= 11 is 15.0. The summed E-state index contributed by atoms with van der Waals surface area (Å²) in [6.45, 7) is 2.32. The Bertz CT molecular complexity index is 1630. The normalized spacial score (nSPS) is 16.5. The monoisotopic (exact) mass is 615 g/mol. The quantitative estimate of drug-likeness (QED) is 0.0730. The Kier molecular flexibility index (Phi) is 8.41. The van der Waals surface area contributed by atoms with Crippen molar-refractivity contribution in [1.82, 2.24) is 10.2 Å². The Hall–Kier alpha value is -3.44. The maximum absolute atomic E-state index is 14.1. The summed E-state index contributed by atoms with van der Waals surface area (Å²) in [4.78, 5) is 28.0. The number of carbonyl (C=O) groups is 2. The number of anilines is 1. The molecule has 0 bridgehead atoms. The Labute approximate surface area is 247 Å². The molecular formula is C28H20Cl2FN3O4S2. The summed E-state index contributed by atoms with van der Waals surface area (Å²) in [6, 6.07) is 16.5. The third-order valence-electron chi connectivity index (χ3n) is 6.05. The molecule has 0 radical (unpaired) electrons. The van der Waals surface area contributed by atoms with E-state index in [-0.39, 0.29) is 27.3 Å². The number of amides is 1. The lowest BCUT2D eigenvalue weighted by Gasteiger charge is -2.23. The van der Waals surface area contributed by atoms with Gasteiger partial charge in [-0.3, -0.25) is 14.5 Å². The van der Waals surface area contributed by atoms with Crippen LogP contribution in [0.3, 0.4) is 0 Å². The van der Waals surface area contributed by atoms with Crippen LogP contribution in [0.1, 0.15) is 29.7 Å². The molecule has 1 saturated heterocycles. The number of benzene rings is 3. The largest absolute Gasteiger partial charge is 0.507 e. The number of ketones is 1. The molecule has 1 aromatic heterocycles. The minimum absolute atomic E-state index is 0.125. The smallest absolute Gasteiger partial charge is 0.301 e. The highest BCUT2D eigenvalue weighted by Gasteiger charge is 2.49. The van der Waals surface area contributed by atoms with Gasteiger partial charge in [-0.1, -0.05) is 70.6 Å². The molecule has 2 heterocycles. The molecule has 1 fully saturated rings. The van der Waals surface area contributed by atoms with Crippen LogP contribution in [-0.2, 0) is 15.3 Å². The fourth-order valence-electron chi connectivity index (χ4n) is 4.19. The maximum Gasteiger partial charge on any atom is 0.301 e. The molecule has 204 valence electrons. The molecule has 0 spiro atoms. The first kappa shape index (κ1) is 28.1. The molecule has 3 aromatic carbocycles. The van der Waals surface area contributed by atoms with Crippen LogP contribution in [-0.4, -0.2) is 33.6 Å². The number of rotatable bonds is 8. The number of aliphatic hydroxyl groups excluding tert-OH is 1. The van der Waals surface area contributed by atoms with Crippen LogP contribution >= 0.6 is 46.3 Å². The van der Waals surface area contributed by atoms with Crippen molar-refractivity contribution in [1.29, 1.82) is 0 Å². The molecule has 5 rings (SSSR count). The van der Waals surface area contributed by atoms with Crippen LogP contribution < -0.4 is 9.64 Å². The molecular weight excluding hydrogens is 596 g/mol. The van der Waals surface area contributed by atoms with Crippen molar-refractivity contribution in [2.45, 2.75) is 23.1 Å². The minimum Gasteiger partial charge on any atom is -0.507 e. The average molecular weight is 617 g/mol. The summed E-state index contributed by atoms with van der Waals surface area (Å²) in [7, 11) is 0. The molecule has 0 aliphatic carbocycles. The number of aromatic nitrogens is 2. The van der Waals surface area contributed by atoms with Crippen molar-refractivity contribution >= 4 is 68.9 Å². The molecule has 1 aliphatic heterocycles. The Morgan fingerprint density at radius 2 is 1.85 bits per heavy atom. The summed E-state index contributed by atoms with van der Waals surface area (Å²) in [5, 5.41) is 20.3. The van der Waals surface area contributed by atoms with Gasteiger partial charge in [-0.15, -0.1) is 10.2 Å². The summed E-state index contributed by atoms with van der Waals surface area (Å²) in [5.74, 6) is -1.63. The van der Waals surface area contributed by atoms with Crippen LogP contribution in [0.5, 0.6) is 5.75 Å². The summed E-state index contributed by atoms with van der Waals surface area (Å²) < 4.78 is 20.0. The molecule has 1 atom stereocenters. The van der Waals surface area contributed by atoms with Crippen molar-refractivity contribution in [3.63, 3.8) is 0 Å². The van der Waals surface area contributed by atoms with E-state index in [0.717, 1.165) is 11.3 Å². The first-order chi connectivity index (χ1) is 19.3. The number of Topliss-reactive ketones (excluding diaryl/α,β-unsaturated/α-hetero) is 1. The molecule has 1 aliphatic rings.